The normalized spacial score (nSPS) is 16.9. The van der Waals surface area contributed by atoms with Gasteiger partial charge in [0.1, 0.15) is 11.6 Å². The van der Waals surface area contributed by atoms with Gasteiger partial charge < -0.3 is 19.9 Å². The van der Waals surface area contributed by atoms with E-state index in [0.717, 1.165) is 34.1 Å². The number of amides is 4. The van der Waals surface area contributed by atoms with Crippen molar-refractivity contribution in [2.75, 3.05) is 38.0 Å². The SMILES string of the molecule is Cc1ccsc1C(=O)Nc1cc(C(=O)N2CCN(C(=O)C3CCCN3C(=O)OC(C)(C)C)CC2)ccc1C=Cc1n[nH]c2ccccc12. The minimum absolute atomic E-state index is 0.111. The molecule has 2 saturated heterocycles. The summed E-state index contributed by atoms with van der Waals surface area (Å²) in [6.07, 6.45) is 4.62. The Morgan fingerprint density at radius 1 is 0.979 bits per heavy atom. The van der Waals surface area contributed by atoms with Crippen molar-refractivity contribution < 1.29 is 23.9 Å². The summed E-state index contributed by atoms with van der Waals surface area (Å²) in [5.74, 6) is -0.540. The molecule has 2 N–H and O–H groups in total. The number of piperazine rings is 1. The van der Waals surface area contributed by atoms with Crippen molar-refractivity contribution in [3.63, 3.8) is 0 Å². The van der Waals surface area contributed by atoms with Crippen LogP contribution < -0.4 is 5.32 Å². The van der Waals surface area contributed by atoms with Crippen molar-refractivity contribution in [1.82, 2.24) is 24.9 Å². The lowest BCUT2D eigenvalue weighted by Crippen LogP contribution is -2.55. The summed E-state index contributed by atoms with van der Waals surface area (Å²) in [6.45, 7) is 9.24. The number of anilines is 1. The number of rotatable bonds is 6. The fourth-order valence-electron chi connectivity index (χ4n) is 6.09. The van der Waals surface area contributed by atoms with E-state index in [2.05, 4.69) is 15.5 Å². The first-order chi connectivity index (χ1) is 23.0. The van der Waals surface area contributed by atoms with Gasteiger partial charge in [-0.1, -0.05) is 30.3 Å². The van der Waals surface area contributed by atoms with Gasteiger partial charge in [-0.25, -0.2) is 4.79 Å². The van der Waals surface area contributed by atoms with E-state index in [1.807, 2.05) is 81.6 Å². The van der Waals surface area contributed by atoms with Crippen LogP contribution in [0.1, 0.15) is 70.5 Å². The Morgan fingerprint density at radius 3 is 2.46 bits per heavy atom. The number of aromatic nitrogens is 2. The maximum absolute atomic E-state index is 13.7. The molecule has 0 saturated carbocycles. The molecule has 4 amide bonds. The van der Waals surface area contributed by atoms with Crippen molar-refractivity contribution in [3.05, 3.63) is 81.2 Å². The number of hydrogen-bond donors (Lipinski definition) is 2. The molecule has 2 aliphatic heterocycles. The highest BCUT2D eigenvalue weighted by molar-refractivity contribution is 7.12. The van der Waals surface area contributed by atoms with E-state index in [-0.39, 0.29) is 17.7 Å². The Labute approximate surface area is 283 Å². The first-order valence-electron chi connectivity index (χ1n) is 16.2. The average Bonchev–Trinajstić information content (AvgIpc) is 3.83. The lowest BCUT2D eigenvalue weighted by molar-refractivity contribution is -0.137. The van der Waals surface area contributed by atoms with Gasteiger partial charge in [0.05, 0.1) is 16.1 Å². The summed E-state index contributed by atoms with van der Waals surface area (Å²) in [6, 6.07) is 14.5. The van der Waals surface area contributed by atoms with E-state index in [1.54, 1.807) is 21.9 Å². The molecule has 48 heavy (non-hydrogen) atoms. The standard InChI is InChI=1S/C36H40N6O5S/c1-23-15-21-48-31(23)32(43)37-29-22-25(12-11-24(29)13-14-28-26-8-5-6-9-27(26)38-39-28)33(44)40-17-19-41(20-18-40)34(45)30-10-7-16-42(30)35(46)47-36(2,3)4/h5-6,8-9,11-15,21-22,30H,7,10,16-20H2,1-4H3,(H,37,43)(H,38,39). The molecule has 1 unspecified atom stereocenters. The Balaban J connectivity index is 1.17. The zero-order valence-electron chi connectivity index (χ0n) is 27.6. The quantitative estimate of drug-likeness (QED) is 0.258. The van der Waals surface area contributed by atoms with Crippen LogP contribution in [0.2, 0.25) is 0 Å². The summed E-state index contributed by atoms with van der Waals surface area (Å²) < 4.78 is 5.54. The van der Waals surface area contributed by atoms with Crippen LogP contribution in [0.4, 0.5) is 10.5 Å². The van der Waals surface area contributed by atoms with Gasteiger partial charge in [-0.15, -0.1) is 11.3 Å². The molecule has 12 heteroatoms. The van der Waals surface area contributed by atoms with Crippen molar-refractivity contribution in [2.45, 2.75) is 52.2 Å². The number of aryl methyl sites for hydroxylation is 1. The van der Waals surface area contributed by atoms with Crippen molar-refractivity contribution in [3.8, 4) is 0 Å². The minimum atomic E-state index is -0.645. The number of aromatic amines is 1. The number of carbonyl (C=O) groups is 4. The number of para-hydroxylation sites is 1. The van der Waals surface area contributed by atoms with Crippen LogP contribution in [-0.4, -0.2) is 93.1 Å². The van der Waals surface area contributed by atoms with E-state index < -0.39 is 17.7 Å². The molecule has 2 aromatic carbocycles. The highest BCUT2D eigenvalue weighted by Gasteiger charge is 2.39. The number of hydrogen-bond acceptors (Lipinski definition) is 7. The van der Waals surface area contributed by atoms with Gasteiger partial charge in [-0.2, -0.15) is 5.10 Å². The molecule has 2 aromatic heterocycles. The second kappa shape index (κ2) is 13.6. The topological polar surface area (TPSA) is 128 Å². The Morgan fingerprint density at radius 2 is 1.73 bits per heavy atom. The number of carbonyl (C=O) groups excluding carboxylic acids is 4. The predicted molar refractivity (Wildman–Crippen MR) is 187 cm³/mol. The first-order valence-corrected chi connectivity index (χ1v) is 17.0. The number of benzene rings is 2. The van der Waals surface area contributed by atoms with Crippen LogP contribution in [-0.2, 0) is 9.53 Å². The van der Waals surface area contributed by atoms with Crippen LogP contribution in [0.3, 0.4) is 0 Å². The number of ether oxygens (including phenoxy) is 1. The number of H-pyrrole nitrogens is 1. The molecule has 2 fully saturated rings. The minimum Gasteiger partial charge on any atom is -0.444 e. The fourth-order valence-corrected chi connectivity index (χ4v) is 6.91. The third-order valence-electron chi connectivity index (χ3n) is 8.58. The molecule has 250 valence electrons. The highest BCUT2D eigenvalue weighted by atomic mass is 32.1. The summed E-state index contributed by atoms with van der Waals surface area (Å²) in [5.41, 5.74) is 3.58. The molecule has 6 rings (SSSR count). The van der Waals surface area contributed by atoms with Crippen molar-refractivity contribution in [2.24, 2.45) is 0 Å². The Hall–Kier alpha value is -4.97. The zero-order valence-corrected chi connectivity index (χ0v) is 28.4. The van der Waals surface area contributed by atoms with Crippen molar-refractivity contribution >= 4 is 63.9 Å². The van der Waals surface area contributed by atoms with Gasteiger partial charge in [0.25, 0.3) is 11.8 Å². The molecule has 0 radical (unpaired) electrons. The third-order valence-corrected chi connectivity index (χ3v) is 9.60. The van der Waals surface area contributed by atoms with E-state index >= 15 is 0 Å². The Bertz CT molecular complexity index is 1880. The zero-order chi connectivity index (χ0) is 34.0. The molecule has 4 heterocycles. The predicted octanol–water partition coefficient (Wildman–Crippen LogP) is 6.04. The van der Waals surface area contributed by atoms with E-state index in [9.17, 15) is 19.2 Å². The first kappa shape index (κ1) is 33.0. The van der Waals surface area contributed by atoms with Crippen LogP contribution in [0.25, 0.3) is 23.1 Å². The highest BCUT2D eigenvalue weighted by Crippen LogP contribution is 2.27. The summed E-state index contributed by atoms with van der Waals surface area (Å²) >= 11 is 1.36. The largest absolute Gasteiger partial charge is 0.444 e. The smallest absolute Gasteiger partial charge is 0.410 e. The maximum Gasteiger partial charge on any atom is 0.410 e. The third kappa shape index (κ3) is 7.13. The van der Waals surface area contributed by atoms with Crippen LogP contribution in [0.5, 0.6) is 0 Å². The summed E-state index contributed by atoms with van der Waals surface area (Å²) in [4.78, 5) is 58.8. The second-order valence-corrected chi connectivity index (χ2v) is 14.0. The molecule has 0 bridgehead atoms. The van der Waals surface area contributed by atoms with Crippen LogP contribution in [0, 0.1) is 6.92 Å². The fraction of sp³-hybridized carbons (Fsp3) is 0.361. The molecule has 1 atom stereocenters. The number of fused-ring (bicyclic) bond motifs is 1. The van der Waals surface area contributed by atoms with Gasteiger partial charge in [-0.3, -0.25) is 24.4 Å². The molecule has 11 nitrogen and oxygen atoms in total. The van der Waals surface area contributed by atoms with E-state index in [1.165, 1.54) is 16.2 Å². The lowest BCUT2D eigenvalue weighted by atomic mass is 10.1. The van der Waals surface area contributed by atoms with Gasteiger partial charge in [0.15, 0.2) is 0 Å². The second-order valence-electron chi connectivity index (χ2n) is 13.1. The van der Waals surface area contributed by atoms with Gasteiger partial charge in [0, 0.05) is 49.4 Å². The number of nitrogens with zero attached hydrogens (tertiary/aromatic N) is 4. The number of likely N-dealkylation sites (tertiary alicyclic amines) is 1. The van der Waals surface area contributed by atoms with Gasteiger partial charge >= 0.3 is 6.09 Å². The lowest BCUT2D eigenvalue weighted by Gasteiger charge is -2.37. The monoisotopic (exact) mass is 668 g/mol. The van der Waals surface area contributed by atoms with E-state index in [4.69, 9.17) is 4.74 Å². The van der Waals surface area contributed by atoms with Gasteiger partial charge in [0.2, 0.25) is 5.91 Å². The Kier molecular flexibility index (Phi) is 9.36. The van der Waals surface area contributed by atoms with Crippen LogP contribution >= 0.6 is 11.3 Å². The van der Waals surface area contributed by atoms with E-state index in [0.29, 0.717) is 55.3 Å². The number of nitrogens with one attached hydrogen (secondary N) is 2. The molecule has 4 aromatic rings. The van der Waals surface area contributed by atoms with Crippen LogP contribution in [0.15, 0.2) is 53.9 Å². The molecular formula is C36H40N6O5S. The number of thiophene rings is 1. The summed E-state index contributed by atoms with van der Waals surface area (Å²) in [7, 11) is 0. The molecular weight excluding hydrogens is 629 g/mol. The molecule has 0 spiro atoms. The molecule has 0 aliphatic carbocycles. The average molecular weight is 669 g/mol. The summed E-state index contributed by atoms with van der Waals surface area (Å²) in [5, 5.41) is 13.3. The van der Waals surface area contributed by atoms with Crippen molar-refractivity contribution in [1.29, 1.82) is 0 Å². The van der Waals surface area contributed by atoms with Gasteiger partial charge in [-0.05, 0) is 87.4 Å². The molecule has 2 aliphatic rings. The maximum atomic E-state index is 13.7.